The second-order valence-electron chi connectivity index (χ2n) is 10.8. The summed E-state index contributed by atoms with van der Waals surface area (Å²) in [7, 11) is 0. The van der Waals surface area contributed by atoms with Crippen molar-refractivity contribution < 1.29 is 32.6 Å². The van der Waals surface area contributed by atoms with E-state index in [-0.39, 0.29) is 5.91 Å². The maximum atomic E-state index is 12.8. The van der Waals surface area contributed by atoms with Crippen LogP contribution in [0.2, 0.25) is 0 Å². The van der Waals surface area contributed by atoms with Gasteiger partial charge in [-0.2, -0.15) is 13.2 Å². The lowest BCUT2D eigenvalue weighted by Gasteiger charge is -2.38. The maximum Gasteiger partial charge on any atom is 0.490 e. The Kier molecular flexibility index (Phi) is 11.3. The molecule has 4 rings (SSSR count). The van der Waals surface area contributed by atoms with Crippen molar-refractivity contribution in [3.8, 4) is 5.75 Å². The van der Waals surface area contributed by atoms with Crippen LogP contribution in [0.15, 0.2) is 53.0 Å². The Labute approximate surface area is 242 Å². The Balaban J connectivity index is 0.000000559. The molecule has 2 heterocycles. The fraction of sp³-hybridized carbons (Fsp3) is 0.517. The first-order valence-corrected chi connectivity index (χ1v) is 14.2. The molecule has 0 bridgehead atoms. The summed E-state index contributed by atoms with van der Waals surface area (Å²) in [4.78, 5) is 28.5. The summed E-state index contributed by atoms with van der Waals surface area (Å²) in [6, 6.07) is 16.0. The first-order valence-electron chi connectivity index (χ1n) is 13.4. The van der Waals surface area contributed by atoms with Crippen LogP contribution in [0.3, 0.4) is 0 Å². The normalized spacial score (nSPS) is 17.6. The maximum absolute atomic E-state index is 12.8. The van der Waals surface area contributed by atoms with Gasteiger partial charge in [-0.05, 0) is 73.7 Å². The van der Waals surface area contributed by atoms with Crippen molar-refractivity contribution in [2.45, 2.75) is 39.3 Å². The fourth-order valence-electron chi connectivity index (χ4n) is 4.94. The third kappa shape index (κ3) is 9.99. The molecule has 7 nitrogen and oxygen atoms in total. The van der Waals surface area contributed by atoms with Crippen molar-refractivity contribution in [1.29, 1.82) is 0 Å². The summed E-state index contributed by atoms with van der Waals surface area (Å²) in [5.41, 5.74) is 2.38. The lowest BCUT2D eigenvalue weighted by atomic mass is 9.84. The lowest BCUT2D eigenvalue weighted by molar-refractivity contribution is -0.192. The number of alkyl halides is 3. The Morgan fingerprint density at radius 3 is 2.25 bits per heavy atom. The van der Waals surface area contributed by atoms with Crippen LogP contribution in [-0.2, 0) is 4.79 Å². The topological polar surface area (TPSA) is 73.3 Å². The van der Waals surface area contributed by atoms with Gasteiger partial charge in [0.2, 0.25) is 0 Å². The molecule has 40 heavy (non-hydrogen) atoms. The van der Waals surface area contributed by atoms with Gasteiger partial charge in [0.1, 0.15) is 5.75 Å². The van der Waals surface area contributed by atoms with Gasteiger partial charge in [0, 0.05) is 55.0 Å². The summed E-state index contributed by atoms with van der Waals surface area (Å²) in [5.74, 6) is -1.72. The number of carboxylic acids is 1. The predicted octanol–water partition coefficient (Wildman–Crippen LogP) is 5.94. The summed E-state index contributed by atoms with van der Waals surface area (Å²) < 4.78 is 38.7. The number of anilines is 1. The van der Waals surface area contributed by atoms with Gasteiger partial charge in [-0.1, -0.05) is 35.8 Å². The number of hydrogen-bond acceptors (Lipinski definition) is 5. The van der Waals surface area contributed by atoms with Gasteiger partial charge < -0.3 is 24.5 Å². The van der Waals surface area contributed by atoms with Crippen molar-refractivity contribution >= 4 is 33.5 Å². The second kappa shape index (κ2) is 14.2. The molecule has 2 aromatic carbocycles. The Morgan fingerprint density at radius 2 is 1.68 bits per heavy atom. The van der Waals surface area contributed by atoms with E-state index in [0.29, 0.717) is 5.41 Å². The molecular weight excluding hydrogens is 591 g/mol. The highest BCUT2D eigenvalue weighted by Crippen LogP contribution is 2.28. The van der Waals surface area contributed by atoms with Crippen LogP contribution in [0.25, 0.3) is 0 Å². The summed E-state index contributed by atoms with van der Waals surface area (Å²) >= 11 is 3.45. The number of carboxylic acid groups (broad SMARTS) is 1. The molecule has 1 N–H and O–H groups in total. The highest BCUT2D eigenvalue weighted by Gasteiger charge is 2.38. The summed E-state index contributed by atoms with van der Waals surface area (Å²) in [5, 5.41) is 7.12. The van der Waals surface area contributed by atoms with Crippen molar-refractivity contribution in [3.05, 3.63) is 58.6 Å². The zero-order valence-corrected chi connectivity index (χ0v) is 24.5. The number of carbonyl (C=O) groups is 2. The smallest absolute Gasteiger partial charge is 0.490 e. The number of piperidine rings is 1. The zero-order chi connectivity index (χ0) is 29.3. The Bertz CT molecular complexity index is 1120. The fourth-order valence-corrected chi connectivity index (χ4v) is 5.34. The van der Waals surface area contributed by atoms with Gasteiger partial charge in [0.25, 0.3) is 5.91 Å². The number of rotatable bonds is 7. The molecule has 0 radical (unpaired) electrons. The van der Waals surface area contributed by atoms with Gasteiger partial charge in [0.05, 0.1) is 6.61 Å². The van der Waals surface area contributed by atoms with Gasteiger partial charge in [-0.3, -0.25) is 4.79 Å². The number of carbonyl (C=O) groups excluding carboxylic acids is 1. The van der Waals surface area contributed by atoms with E-state index >= 15 is 0 Å². The molecule has 0 unspecified atom stereocenters. The van der Waals surface area contributed by atoms with Crippen LogP contribution in [0.4, 0.5) is 18.9 Å². The van der Waals surface area contributed by atoms with Crippen molar-refractivity contribution in [2.75, 3.05) is 57.3 Å². The molecule has 2 aliphatic rings. The van der Waals surface area contributed by atoms with E-state index in [1.807, 2.05) is 29.2 Å². The standard InChI is InChI=1S/C27H36BrN3O2.C2HF3O2/c1-27(2)12-4-13-29(21-27)14-5-19-33-25-10-8-24(9-11-25)30-15-17-31(18-16-30)26(32)22-6-3-7-23(28)20-22;3-2(4,5)1(6)7/h3,6-11,20H,4-5,12-19,21H2,1-2H3;(H,6,7). The first-order chi connectivity index (χ1) is 18.8. The molecule has 0 atom stereocenters. The molecule has 1 amide bonds. The highest BCUT2D eigenvalue weighted by atomic mass is 79.9. The molecule has 2 aliphatic heterocycles. The minimum absolute atomic E-state index is 0.104. The zero-order valence-electron chi connectivity index (χ0n) is 22.9. The van der Waals surface area contributed by atoms with Crippen LogP contribution in [-0.4, -0.2) is 85.4 Å². The Morgan fingerprint density at radius 1 is 1.02 bits per heavy atom. The molecule has 0 spiro atoms. The van der Waals surface area contributed by atoms with Gasteiger partial charge in [0.15, 0.2) is 0 Å². The SMILES string of the molecule is CC1(C)CCCN(CCCOc2ccc(N3CCN(C(=O)c4cccc(Br)c4)CC3)cc2)C1.O=C(O)C(F)(F)F. The molecule has 2 fully saturated rings. The van der Waals surface area contributed by atoms with E-state index in [1.54, 1.807) is 0 Å². The first kappa shape index (κ1) is 31.7. The number of amides is 1. The highest BCUT2D eigenvalue weighted by molar-refractivity contribution is 9.10. The third-order valence-electron chi connectivity index (χ3n) is 6.95. The molecule has 11 heteroatoms. The van der Waals surface area contributed by atoms with E-state index in [4.69, 9.17) is 14.6 Å². The van der Waals surface area contributed by atoms with Gasteiger partial charge in [-0.25, -0.2) is 4.79 Å². The van der Waals surface area contributed by atoms with Crippen LogP contribution < -0.4 is 9.64 Å². The number of nitrogens with zero attached hydrogens (tertiary/aromatic N) is 3. The van der Waals surface area contributed by atoms with E-state index < -0.39 is 12.1 Å². The van der Waals surface area contributed by atoms with E-state index in [1.165, 1.54) is 31.6 Å². The average molecular weight is 629 g/mol. The minimum Gasteiger partial charge on any atom is -0.494 e. The van der Waals surface area contributed by atoms with Gasteiger partial charge in [-0.15, -0.1) is 0 Å². The second-order valence-corrected chi connectivity index (χ2v) is 11.7. The van der Waals surface area contributed by atoms with Crippen LogP contribution in [0.1, 0.15) is 43.5 Å². The van der Waals surface area contributed by atoms with E-state index in [9.17, 15) is 18.0 Å². The summed E-state index contributed by atoms with van der Waals surface area (Å²) in [6.45, 7) is 12.2. The molecule has 2 aromatic rings. The third-order valence-corrected chi connectivity index (χ3v) is 7.44. The number of benzene rings is 2. The van der Waals surface area contributed by atoms with Crippen LogP contribution in [0.5, 0.6) is 5.75 Å². The number of likely N-dealkylation sites (tertiary alicyclic amines) is 1. The van der Waals surface area contributed by atoms with Crippen LogP contribution in [0, 0.1) is 5.41 Å². The minimum atomic E-state index is -5.08. The number of aliphatic carboxylic acids is 1. The number of halogens is 4. The van der Waals surface area contributed by atoms with E-state index in [0.717, 1.165) is 61.5 Å². The number of hydrogen-bond donors (Lipinski definition) is 1. The van der Waals surface area contributed by atoms with E-state index in [2.05, 4.69) is 63.8 Å². The van der Waals surface area contributed by atoms with Crippen molar-refractivity contribution in [2.24, 2.45) is 5.41 Å². The van der Waals surface area contributed by atoms with Gasteiger partial charge >= 0.3 is 12.1 Å². The molecular formula is C29H37BrF3N3O4. The molecule has 0 saturated carbocycles. The number of piperazine rings is 1. The summed E-state index contributed by atoms with van der Waals surface area (Å²) in [6.07, 6.45) is -1.38. The molecule has 220 valence electrons. The molecule has 0 aromatic heterocycles. The van der Waals surface area contributed by atoms with Crippen molar-refractivity contribution in [3.63, 3.8) is 0 Å². The molecule has 2 saturated heterocycles. The van der Waals surface area contributed by atoms with Crippen LogP contribution >= 0.6 is 15.9 Å². The average Bonchev–Trinajstić information content (AvgIpc) is 2.90. The monoisotopic (exact) mass is 627 g/mol. The quantitative estimate of drug-likeness (QED) is 0.383. The predicted molar refractivity (Wildman–Crippen MR) is 152 cm³/mol. The number of ether oxygens (including phenoxy) is 1. The molecule has 0 aliphatic carbocycles. The van der Waals surface area contributed by atoms with Crippen molar-refractivity contribution in [1.82, 2.24) is 9.80 Å². The lowest BCUT2D eigenvalue weighted by Crippen LogP contribution is -2.48. The largest absolute Gasteiger partial charge is 0.494 e. The Hall–Kier alpha value is -2.79.